The standard InChI is InChI=1S/C18H18N4O2S2/c1-24-15-10-7-13(8-11-15)9-12-16(23)20-18(26)22-21-17(25)19-14-5-3-2-4-6-14/h2-12H,1H3,(H2,19,21,25)(H2,20,22,23,26)/b12-9+. The lowest BCUT2D eigenvalue weighted by atomic mass is 10.2. The molecular weight excluding hydrogens is 368 g/mol. The SMILES string of the molecule is COc1ccc(/C=C/C(=O)NC(=S)NNC(=S)Nc2ccccc2)cc1. The Bertz CT molecular complexity index is 793. The van der Waals surface area contributed by atoms with Crippen LogP contribution in [0.4, 0.5) is 5.69 Å². The van der Waals surface area contributed by atoms with Gasteiger partial charge >= 0.3 is 0 Å². The number of carbonyl (C=O) groups is 1. The van der Waals surface area contributed by atoms with E-state index < -0.39 is 0 Å². The number of benzene rings is 2. The predicted octanol–water partition coefficient (Wildman–Crippen LogP) is 2.60. The number of ether oxygens (including phenoxy) is 1. The van der Waals surface area contributed by atoms with Crippen molar-refractivity contribution in [3.05, 3.63) is 66.2 Å². The normalized spacial score (nSPS) is 10.0. The Kier molecular flexibility index (Phi) is 7.53. The van der Waals surface area contributed by atoms with Gasteiger partial charge in [-0.3, -0.25) is 21.0 Å². The fourth-order valence-corrected chi connectivity index (χ4v) is 2.19. The number of hydrazine groups is 1. The quantitative estimate of drug-likeness (QED) is 0.366. The van der Waals surface area contributed by atoms with Gasteiger partial charge < -0.3 is 10.1 Å². The summed E-state index contributed by atoms with van der Waals surface area (Å²) < 4.78 is 5.08. The number of para-hydroxylation sites is 1. The number of anilines is 1. The van der Waals surface area contributed by atoms with E-state index in [1.54, 1.807) is 13.2 Å². The Hall–Kier alpha value is -2.97. The summed E-state index contributed by atoms with van der Waals surface area (Å²) in [5.41, 5.74) is 7.05. The Morgan fingerprint density at radius 1 is 0.962 bits per heavy atom. The maximum absolute atomic E-state index is 11.9. The molecule has 8 heteroatoms. The van der Waals surface area contributed by atoms with Gasteiger partial charge in [-0.2, -0.15) is 0 Å². The molecule has 0 bridgehead atoms. The smallest absolute Gasteiger partial charge is 0.250 e. The van der Waals surface area contributed by atoms with Gasteiger partial charge in [-0.15, -0.1) is 0 Å². The minimum Gasteiger partial charge on any atom is -0.497 e. The van der Waals surface area contributed by atoms with Crippen LogP contribution in [0.2, 0.25) is 0 Å². The summed E-state index contributed by atoms with van der Waals surface area (Å²) in [7, 11) is 1.60. The molecule has 0 spiro atoms. The van der Waals surface area contributed by atoms with E-state index in [4.69, 9.17) is 29.2 Å². The lowest BCUT2D eigenvalue weighted by Crippen LogP contribution is -2.49. The molecule has 0 unspecified atom stereocenters. The highest BCUT2D eigenvalue weighted by Gasteiger charge is 2.02. The van der Waals surface area contributed by atoms with Crippen molar-refractivity contribution in [3.63, 3.8) is 0 Å². The fraction of sp³-hybridized carbons (Fsp3) is 0.0556. The molecule has 0 heterocycles. The van der Waals surface area contributed by atoms with E-state index >= 15 is 0 Å². The zero-order valence-corrected chi connectivity index (χ0v) is 15.6. The molecule has 0 saturated heterocycles. The van der Waals surface area contributed by atoms with Gasteiger partial charge in [-0.1, -0.05) is 30.3 Å². The van der Waals surface area contributed by atoms with Crippen LogP contribution in [0.5, 0.6) is 5.75 Å². The summed E-state index contributed by atoms with van der Waals surface area (Å²) in [6.45, 7) is 0. The van der Waals surface area contributed by atoms with Gasteiger partial charge in [0.1, 0.15) is 5.75 Å². The monoisotopic (exact) mass is 386 g/mol. The molecule has 2 rings (SSSR count). The first-order chi connectivity index (χ1) is 12.6. The molecule has 4 N–H and O–H groups in total. The molecule has 0 atom stereocenters. The molecule has 0 radical (unpaired) electrons. The molecular formula is C18H18N4O2S2. The van der Waals surface area contributed by atoms with E-state index in [0.29, 0.717) is 5.11 Å². The van der Waals surface area contributed by atoms with Crippen molar-refractivity contribution in [1.82, 2.24) is 16.2 Å². The molecule has 134 valence electrons. The summed E-state index contributed by atoms with van der Waals surface area (Å²) in [6, 6.07) is 16.7. The fourth-order valence-electron chi connectivity index (χ4n) is 1.87. The van der Waals surface area contributed by atoms with Crippen LogP contribution in [0, 0.1) is 0 Å². The lowest BCUT2D eigenvalue weighted by Gasteiger charge is -2.13. The first-order valence-electron chi connectivity index (χ1n) is 7.62. The highest BCUT2D eigenvalue weighted by molar-refractivity contribution is 7.80. The molecule has 0 aliphatic rings. The summed E-state index contributed by atoms with van der Waals surface area (Å²) in [5.74, 6) is 0.394. The number of hydrogen-bond acceptors (Lipinski definition) is 4. The maximum atomic E-state index is 11.9. The Balaban J connectivity index is 1.73. The van der Waals surface area contributed by atoms with Crippen LogP contribution >= 0.6 is 24.4 Å². The lowest BCUT2D eigenvalue weighted by molar-refractivity contribution is -0.115. The third-order valence-electron chi connectivity index (χ3n) is 3.10. The van der Waals surface area contributed by atoms with Crippen LogP contribution in [0.15, 0.2) is 60.7 Å². The van der Waals surface area contributed by atoms with Gasteiger partial charge in [-0.05, 0) is 60.3 Å². The second-order valence-corrected chi connectivity index (χ2v) is 5.81. The van der Waals surface area contributed by atoms with E-state index in [-0.39, 0.29) is 11.0 Å². The summed E-state index contributed by atoms with van der Waals surface area (Å²) in [5, 5.41) is 5.90. The van der Waals surface area contributed by atoms with E-state index in [0.717, 1.165) is 17.0 Å². The molecule has 0 fully saturated rings. The number of carbonyl (C=O) groups excluding carboxylic acids is 1. The van der Waals surface area contributed by atoms with Crippen LogP contribution in [0.3, 0.4) is 0 Å². The highest BCUT2D eigenvalue weighted by atomic mass is 32.1. The average Bonchev–Trinajstić information content (AvgIpc) is 2.66. The minimum absolute atomic E-state index is 0.103. The van der Waals surface area contributed by atoms with Crippen molar-refractivity contribution < 1.29 is 9.53 Å². The predicted molar refractivity (Wildman–Crippen MR) is 112 cm³/mol. The summed E-state index contributed by atoms with van der Waals surface area (Å²) >= 11 is 10.2. The number of nitrogens with one attached hydrogen (secondary N) is 4. The second-order valence-electron chi connectivity index (χ2n) is 5.00. The Morgan fingerprint density at radius 3 is 2.27 bits per heavy atom. The highest BCUT2D eigenvalue weighted by Crippen LogP contribution is 2.12. The minimum atomic E-state index is -0.359. The summed E-state index contributed by atoms with van der Waals surface area (Å²) in [6.07, 6.45) is 3.06. The molecule has 6 nitrogen and oxygen atoms in total. The van der Waals surface area contributed by atoms with Crippen LogP contribution in [-0.4, -0.2) is 23.2 Å². The molecule has 2 aromatic rings. The van der Waals surface area contributed by atoms with Crippen molar-refractivity contribution in [1.29, 1.82) is 0 Å². The van der Waals surface area contributed by atoms with Gasteiger partial charge in [0.25, 0.3) is 0 Å². The molecule has 0 aliphatic heterocycles. The van der Waals surface area contributed by atoms with E-state index in [2.05, 4.69) is 21.5 Å². The van der Waals surface area contributed by atoms with Crippen molar-refractivity contribution in [3.8, 4) is 5.75 Å². The van der Waals surface area contributed by atoms with Crippen molar-refractivity contribution in [2.24, 2.45) is 0 Å². The van der Waals surface area contributed by atoms with Crippen LogP contribution in [0.1, 0.15) is 5.56 Å². The Morgan fingerprint density at radius 2 is 1.62 bits per heavy atom. The van der Waals surface area contributed by atoms with Crippen LogP contribution < -0.4 is 26.2 Å². The van der Waals surface area contributed by atoms with Crippen molar-refractivity contribution in [2.75, 3.05) is 12.4 Å². The second kappa shape index (κ2) is 10.1. The Labute approximate surface area is 162 Å². The number of amides is 1. The van der Waals surface area contributed by atoms with Crippen molar-refractivity contribution >= 4 is 52.3 Å². The number of methoxy groups -OCH3 is 1. The molecule has 0 aromatic heterocycles. The molecule has 2 aromatic carbocycles. The first-order valence-corrected chi connectivity index (χ1v) is 8.43. The van der Waals surface area contributed by atoms with E-state index in [1.807, 2.05) is 54.6 Å². The molecule has 1 amide bonds. The van der Waals surface area contributed by atoms with Crippen LogP contribution in [0.25, 0.3) is 6.08 Å². The van der Waals surface area contributed by atoms with Gasteiger partial charge in [0, 0.05) is 11.8 Å². The number of thiocarbonyl (C=S) groups is 2. The largest absolute Gasteiger partial charge is 0.497 e. The molecule has 0 aliphatic carbocycles. The van der Waals surface area contributed by atoms with E-state index in [1.165, 1.54) is 6.08 Å². The van der Waals surface area contributed by atoms with E-state index in [9.17, 15) is 4.79 Å². The molecule has 0 saturated carbocycles. The topological polar surface area (TPSA) is 74.4 Å². The van der Waals surface area contributed by atoms with Gasteiger partial charge in [0.05, 0.1) is 7.11 Å². The average molecular weight is 387 g/mol. The first kappa shape index (κ1) is 19.4. The maximum Gasteiger partial charge on any atom is 0.250 e. The third kappa shape index (κ3) is 6.88. The zero-order chi connectivity index (χ0) is 18.8. The van der Waals surface area contributed by atoms with Gasteiger partial charge in [0.2, 0.25) is 5.91 Å². The third-order valence-corrected chi connectivity index (χ3v) is 3.51. The van der Waals surface area contributed by atoms with Crippen molar-refractivity contribution in [2.45, 2.75) is 0 Å². The molecule has 26 heavy (non-hydrogen) atoms. The zero-order valence-electron chi connectivity index (χ0n) is 14.0. The van der Waals surface area contributed by atoms with Gasteiger partial charge in [-0.25, -0.2) is 0 Å². The van der Waals surface area contributed by atoms with Crippen LogP contribution in [-0.2, 0) is 4.79 Å². The van der Waals surface area contributed by atoms with Gasteiger partial charge in [0.15, 0.2) is 10.2 Å². The number of hydrogen-bond donors (Lipinski definition) is 4. The summed E-state index contributed by atoms with van der Waals surface area (Å²) in [4.78, 5) is 11.9. The number of rotatable bonds is 4.